The van der Waals surface area contributed by atoms with Gasteiger partial charge in [-0.25, -0.2) is 9.07 Å². The Morgan fingerprint density at radius 2 is 2.08 bits per heavy atom. The fourth-order valence-electron chi connectivity index (χ4n) is 3.21. The first-order valence-electron chi connectivity index (χ1n) is 8.46. The van der Waals surface area contributed by atoms with E-state index in [1.807, 2.05) is 37.3 Å². The zero-order chi connectivity index (χ0) is 18.1. The molecule has 0 aliphatic carbocycles. The maximum absolute atomic E-state index is 13.6. The van der Waals surface area contributed by atoms with Crippen LogP contribution in [0.5, 0.6) is 0 Å². The van der Waals surface area contributed by atoms with E-state index >= 15 is 0 Å². The summed E-state index contributed by atoms with van der Waals surface area (Å²) in [5, 5.41) is 7.40. The van der Waals surface area contributed by atoms with Gasteiger partial charge in [0.25, 0.3) is 5.91 Å². The molecule has 0 radical (unpaired) electrons. The van der Waals surface area contributed by atoms with Crippen LogP contribution in [-0.4, -0.2) is 21.4 Å². The highest BCUT2D eigenvalue weighted by Gasteiger charge is 2.25. The van der Waals surface area contributed by atoms with Gasteiger partial charge in [0.1, 0.15) is 5.82 Å². The zero-order valence-corrected chi connectivity index (χ0v) is 15.1. The molecule has 1 atom stereocenters. The van der Waals surface area contributed by atoms with Gasteiger partial charge in [-0.3, -0.25) is 4.79 Å². The third-order valence-corrected chi connectivity index (χ3v) is 5.69. The molecule has 6 heteroatoms. The maximum Gasteiger partial charge on any atom is 0.255 e. The van der Waals surface area contributed by atoms with Crippen LogP contribution in [0.4, 0.5) is 4.39 Å². The van der Waals surface area contributed by atoms with Crippen molar-refractivity contribution in [3.63, 3.8) is 0 Å². The number of fused-ring (bicyclic) bond motifs is 1. The van der Waals surface area contributed by atoms with Crippen molar-refractivity contribution in [1.82, 2.24) is 15.1 Å². The molecular weight excluding hydrogens is 349 g/mol. The second kappa shape index (κ2) is 6.96. The third kappa shape index (κ3) is 3.12. The van der Waals surface area contributed by atoms with Crippen LogP contribution in [-0.2, 0) is 0 Å². The summed E-state index contributed by atoms with van der Waals surface area (Å²) in [4.78, 5) is 13.8. The Kier molecular flexibility index (Phi) is 4.51. The number of thioether (sulfide) groups is 1. The molecule has 4 rings (SSSR count). The van der Waals surface area contributed by atoms with E-state index < -0.39 is 0 Å². The molecule has 0 bridgehead atoms. The second-order valence-corrected chi connectivity index (χ2v) is 7.37. The molecule has 0 fully saturated rings. The second-order valence-electron chi connectivity index (χ2n) is 6.24. The minimum absolute atomic E-state index is 0.184. The lowest BCUT2D eigenvalue weighted by Gasteiger charge is -2.26. The predicted octanol–water partition coefficient (Wildman–Crippen LogP) is 4.29. The lowest BCUT2D eigenvalue weighted by molar-refractivity contribution is 0.0934. The van der Waals surface area contributed by atoms with Gasteiger partial charge in [0, 0.05) is 10.6 Å². The number of hydrogen-bond donors (Lipinski definition) is 1. The topological polar surface area (TPSA) is 46.9 Å². The van der Waals surface area contributed by atoms with Crippen LogP contribution in [0.1, 0.15) is 34.1 Å². The monoisotopic (exact) mass is 367 g/mol. The summed E-state index contributed by atoms with van der Waals surface area (Å²) in [7, 11) is 0. The van der Waals surface area contributed by atoms with E-state index in [1.54, 1.807) is 28.7 Å². The van der Waals surface area contributed by atoms with Crippen LogP contribution >= 0.6 is 11.8 Å². The normalized spacial score (nSPS) is 16.2. The van der Waals surface area contributed by atoms with Crippen molar-refractivity contribution < 1.29 is 9.18 Å². The lowest BCUT2D eigenvalue weighted by Crippen LogP contribution is -2.31. The van der Waals surface area contributed by atoms with Gasteiger partial charge in [-0.15, -0.1) is 11.8 Å². The molecule has 2 aromatic carbocycles. The summed E-state index contributed by atoms with van der Waals surface area (Å²) >= 11 is 1.69. The molecule has 1 aliphatic heterocycles. The van der Waals surface area contributed by atoms with Crippen LogP contribution in [0, 0.1) is 12.7 Å². The van der Waals surface area contributed by atoms with Crippen LogP contribution < -0.4 is 5.32 Å². The van der Waals surface area contributed by atoms with Crippen molar-refractivity contribution in [2.45, 2.75) is 24.3 Å². The van der Waals surface area contributed by atoms with E-state index in [0.717, 1.165) is 34.0 Å². The molecule has 132 valence electrons. The highest BCUT2D eigenvalue weighted by atomic mass is 32.2. The quantitative estimate of drug-likeness (QED) is 0.751. The molecule has 2 heterocycles. The molecule has 1 unspecified atom stereocenters. The first-order valence-corrected chi connectivity index (χ1v) is 9.45. The average Bonchev–Trinajstić information content (AvgIpc) is 3.04. The van der Waals surface area contributed by atoms with Crippen LogP contribution in [0.2, 0.25) is 0 Å². The summed E-state index contributed by atoms with van der Waals surface area (Å²) < 4.78 is 15.4. The SMILES string of the molecule is Cc1c(C(=O)NC2CCSc3ccc(F)cc32)cnn1-c1ccccc1. The molecule has 1 amide bonds. The Labute approximate surface area is 155 Å². The summed E-state index contributed by atoms with van der Waals surface area (Å²) in [5.41, 5.74) is 3.07. The van der Waals surface area contributed by atoms with Crippen molar-refractivity contribution in [2.24, 2.45) is 0 Å². The maximum atomic E-state index is 13.6. The van der Waals surface area contributed by atoms with Crippen molar-refractivity contribution in [1.29, 1.82) is 0 Å². The van der Waals surface area contributed by atoms with Gasteiger partial charge in [0.05, 0.1) is 29.2 Å². The van der Waals surface area contributed by atoms with E-state index in [-0.39, 0.29) is 17.8 Å². The molecule has 1 aromatic heterocycles. The number of rotatable bonds is 3. The fourth-order valence-corrected chi connectivity index (χ4v) is 4.32. The lowest BCUT2D eigenvalue weighted by atomic mass is 10.0. The van der Waals surface area contributed by atoms with Crippen LogP contribution in [0.3, 0.4) is 0 Å². The number of benzene rings is 2. The van der Waals surface area contributed by atoms with E-state index in [9.17, 15) is 9.18 Å². The van der Waals surface area contributed by atoms with Crippen molar-refractivity contribution in [3.8, 4) is 5.69 Å². The highest BCUT2D eigenvalue weighted by Crippen LogP contribution is 2.36. The fraction of sp³-hybridized carbons (Fsp3) is 0.200. The Hall–Kier alpha value is -2.60. The van der Waals surface area contributed by atoms with Crippen LogP contribution in [0.15, 0.2) is 59.6 Å². The highest BCUT2D eigenvalue weighted by molar-refractivity contribution is 7.99. The molecule has 0 saturated heterocycles. The standard InChI is InChI=1S/C20H18FN3OS/c1-13-17(12-22-24(13)15-5-3-2-4-6-15)20(25)23-18-9-10-26-19-8-7-14(21)11-16(18)19/h2-8,11-12,18H,9-10H2,1H3,(H,23,25). The van der Waals surface area contributed by atoms with E-state index in [1.165, 1.54) is 12.1 Å². The zero-order valence-electron chi connectivity index (χ0n) is 14.3. The summed E-state index contributed by atoms with van der Waals surface area (Å²) in [5.74, 6) is 0.432. The molecular formula is C20H18FN3OS. The summed E-state index contributed by atoms with van der Waals surface area (Å²) in [6.45, 7) is 1.87. The van der Waals surface area contributed by atoms with Gasteiger partial charge in [-0.05, 0) is 49.2 Å². The molecule has 0 saturated carbocycles. The Bertz CT molecular complexity index is 955. The molecule has 1 aliphatic rings. The number of para-hydroxylation sites is 1. The smallest absolute Gasteiger partial charge is 0.255 e. The van der Waals surface area contributed by atoms with E-state index in [4.69, 9.17) is 0 Å². The largest absolute Gasteiger partial charge is 0.345 e. The van der Waals surface area contributed by atoms with Crippen LogP contribution in [0.25, 0.3) is 5.69 Å². The number of nitrogens with one attached hydrogen (secondary N) is 1. The Balaban J connectivity index is 1.59. The van der Waals surface area contributed by atoms with Gasteiger partial charge in [0.2, 0.25) is 0 Å². The molecule has 4 nitrogen and oxygen atoms in total. The van der Waals surface area contributed by atoms with Crippen molar-refractivity contribution in [2.75, 3.05) is 5.75 Å². The molecule has 1 N–H and O–H groups in total. The Morgan fingerprint density at radius 1 is 1.27 bits per heavy atom. The van der Waals surface area contributed by atoms with Gasteiger partial charge < -0.3 is 5.32 Å². The van der Waals surface area contributed by atoms with Crippen molar-refractivity contribution in [3.05, 3.63) is 77.4 Å². The van der Waals surface area contributed by atoms with Crippen molar-refractivity contribution >= 4 is 17.7 Å². The van der Waals surface area contributed by atoms with Gasteiger partial charge in [-0.2, -0.15) is 5.10 Å². The van der Waals surface area contributed by atoms with Gasteiger partial charge in [-0.1, -0.05) is 18.2 Å². The number of carbonyl (C=O) groups excluding carboxylic acids is 1. The van der Waals surface area contributed by atoms with E-state index in [0.29, 0.717) is 5.56 Å². The minimum atomic E-state index is -0.279. The first kappa shape index (κ1) is 16.8. The van der Waals surface area contributed by atoms with Gasteiger partial charge >= 0.3 is 0 Å². The number of aromatic nitrogens is 2. The molecule has 0 spiro atoms. The number of halogens is 1. The Morgan fingerprint density at radius 3 is 2.88 bits per heavy atom. The van der Waals surface area contributed by atoms with Gasteiger partial charge in [0.15, 0.2) is 0 Å². The van der Waals surface area contributed by atoms with E-state index in [2.05, 4.69) is 10.4 Å². The third-order valence-electron chi connectivity index (χ3n) is 4.57. The number of carbonyl (C=O) groups is 1. The molecule has 3 aromatic rings. The number of hydrogen-bond acceptors (Lipinski definition) is 3. The number of nitrogens with zero attached hydrogens (tertiary/aromatic N) is 2. The number of amides is 1. The summed E-state index contributed by atoms with van der Waals surface area (Å²) in [6.07, 6.45) is 2.36. The first-order chi connectivity index (χ1) is 12.6. The average molecular weight is 367 g/mol. The summed E-state index contributed by atoms with van der Waals surface area (Å²) in [6, 6.07) is 14.3. The minimum Gasteiger partial charge on any atom is -0.345 e. The predicted molar refractivity (Wildman–Crippen MR) is 100 cm³/mol. The molecule has 26 heavy (non-hydrogen) atoms.